The minimum absolute atomic E-state index is 0.0192. The van der Waals surface area contributed by atoms with Crippen molar-refractivity contribution in [1.29, 1.82) is 0 Å². The Morgan fingerprint density at radius 3 is 2.06 bits per heavy atom. The highest BCUT2D eigenvalue weighted by atomic mass is 32.2. The van der Waals surface area contributed by atoms with Crippen molar-refractivity contribution >= 4 is 21.4 Å². The number of anilines is 1. The van der Waals surface area contributed by atoms with Gasteiger partial charge in [-0.25, -0.2) is 8.42 Å². The number of benzene rings is 2. The number of aromatic nitrogens is 1. The SMILES string of the molecule is COc1ccc(S(=O)(=O)c2c(C)cc(C)n(CC(=O)Nc3c(C)cc(C)cc3C)c2=O)cc1. The van der Waals surface area contributed by atoms with Crippen molar-refractivity contribution < 1.29 is 17.9 Å². The van der Waals surface area contributed by atoms with Crippen molar-refractivity contribution in [1.82, 2.24) is 4.57 Å². The second-order valence-corrected chi connectivity index (χ2v) is 10.1. The van der Waals surface area contributed by atoms with E-state index in [0.29, 0.717) is 22.7 Å². The Bertz CT molecular complexity index is 1360. The van der Waals surface area contributed by atoms with Crippen LogP contribution in [0.3, 0.4) is 0 Å². The summed E-state index contributed by atoms with van der Waals surface area (Å²) in [5.74, 6) is 0.0947. The summed E-state index contributed by atoms with van der Waals surface area (Å²) in [7, 11) is -2.61. The highest BCUT2D eigenvalue weighted by Gasteiger charge is 2.26. The zero-order valence-electron chi connectivity index (χ0n) is 19.6. The molecule has 33 heavy (non-hydrogen) atoms. The number of sulfone groups is 1. The fourth-order valence-corrected chi connectivity index (χ4v) is 5.56. The maximum absolute atomic E-state index is 13.3. The lowest BCUT2D eigenvalue weighted by Gasteiger charge is -2.16. The highest BCUT2D eigenvalue weighted by Crippen LogP contribution is 2.24. The molecular weight excluding hydrogens is 440 g/mol. The van der Waals surface area contributed by atoms with Gasteiger partial charge in [-0.2, -0.15) is 0 Å². The number of methoxy groups -OCH3 is 1. The number of ether oxygens (including phenoxy) is 1. The van der Waals surface area contributed by atoms with Crippen LogP contribution in [0.1, 0.15) is 27.9 Å². The van der Waals surface area contributed by atoms with Gasteiger partial charge in [0.15, 0.2) is 0 Å². The van der Waals surface area contributed by atoms with Crippen LogP contribution in [0.25, 0.3) is 0 Å². The topological polar surface area (TPSA) is 94.5 Å². The zero-order chi connectivity index (χ0) is 24.5. The van der Waals surface area contributed by atoms with E-state index in [0.717, 1.165) is 16.7 Å². The first-order chi connectivity index (χ1) is 15.4. The summed E-state index contributed by atoms with van der Waals surface area (Å²) in [5.41, 5.74) is 3.70. The lowest BCUT2D eigenvalue weighted by Crippen LogP contribution is -2.33. The number of amides is 1. The first-order valence-electron chi connectivity index (χ1n) is 10.4. The summed E-state index contributed by atoms with van der Waals surface area (Å²) in [5, 5.41) is 2.86. The number of hydrogen-bond donors (Lipinski definition) is 1. The van der Waals surface area contributed by atoms with Crippen molar-refractivity contribution in [2.75, 3.05) is 12.4 Å². The Hall–Kier alpha value is -3.39. The van der Waals surface area contributed by atoms with Gasteiger partial charge in [-0.3, -0.25) is 9.59 Å². The van der Waals surface area contributed by atoms with Crippen molar-refractivity contribution in [2.45, 2.75) is 51.0 Å². The fraction of sp³-hybridized carbons (Fsp3) is 0.280. The van der Waals surface area contributed by atoms with E-state index in [-0.39, 0.29) is 16.3 Å². The average Bonchev–Trinajstić information content (AvgIpc) is 2.73. The van der Waals surface area contributed by atoms with Gasteiger partial charge >= 0.3 is 0 Å². The molecule has 0 unspecified atom stereocenters. The zero-order valence-corrected chi connectivity index (χ0v) is 20.5. The third-order valence-corrected chi connectivity index (χ3v) is 7.46. The predicted molar refractivity (Wildman–Crippen MR) is 128 cm³/mol. The molecule has 7 nitrogen and oxygen atoms in total. The van der Waals surface area contributed by atoms with E-state index in [4.69, 9.17) is 4.74 Å². The molecule has 0 atom stereocenters. The van der Waals surface area contributed by atoms with Crippen LogP contribution >= 0.6 is 0 Å². The lowest BCUT2D eigenvalue weighted by atomic mass is 10.1. The van der Waals surface area contributed by atoms with Gasteiger partial charge in [0, 0.05) is 11.4 Å². The molecule has 174 valence electrons. The number of nitrogens with zero attached hydrogens (tertiary/aromatic N) is 1. The Kier molecular flexibility index (Phi) is 6.78. The van der Waals surface area contributed by atoms with E-state index in [1.807, 2.05) is 32.9 Å². The molecule has 0 fully saturated rings. The van der Waals surface area contributed by atoms with Gasteiger partial charge in [0.2, 0.25) is 15.7 Å². The van der Waals surface area contributed by atoms with Crippen LogP contribution in [0, 0.1) is 34.6 Å². The molecule has 2 aromatic carbocycles. The van der Waals surface area contributed by atoms with E-state index in [2.05, 4.69) is 5.32 Å². The standard InChI is InChI=1S/C25H28N2O5S/c1-15-11-16(2)23(17(3)12-15)26-22(28)14-27-19(5)13-18(4)24(25(27)29)33(30,31)21-9-7-20(32-6)8-10-21/h7-13H,14H2,1-6H3,(H,26,28). The molecule has 0 saturated heterocycles. The highest BCUT2D eigenvalue weighted by molar-refractivity contribution is 7.91. The van der Waals surface area contributed by atoms with Crippen molar-refractivity contribution in [3.8, 4) is 5.75 Å². The minimum Gasteiger partial charge on any atom is -0.497 e. The Balaban J connectivity index is 2.00. The number of pyridine rings is 1. The van der Waals surface area contributed by atoms with Gasteiger partial charge in [-0.05, 0) is 81.6 Å². The third kappa shape index (κ3) is 4.85. The summed E-state index contributed by atoms with van der Waals surface area (Å²) in [4.78, 5) is 25.8. The average molecular weight is 469 g/mol. The van der Waals surface area contributed by atoms with Gasteiger partial charge in [-0.15, -0.1) is 0 Å². The molecule has 1 N–H and O–H groups in total. The molecule has 0 bridgehead atoms. The van der Waals surface area contributed by atoms with E-state index in [9.17, 15) is 18.0 Å². The lowest BCUT2D eigenvalue weighted by molar-refractivity contribution is -0.116. The smallest absolute Gasteiger partial charge is 0.270 e. The summed E-state index contributed by atoms with van der Waals surface area (Å²) < 4.78 is 32.8. The second-order valence-electron chi connectivity index (χ2n) is 8.19. The van der Waals surface area contributed by atoms with Gasteiger partial charge in [-0.1, -0.05) is 17.7 Å². The van der Waals surface area contributed by atoms with E-state index >= 15 is 0 Å². The Morgan fingerprint density at radius 2 is 1.52 bits per heavy atom. The number of nitrogens with one attached hydrogen (secondary N) is 1. The first kappa shape index (κ1) is 24.3. The summed E-state index contributed by atoms with van der Waals surface area (Å²) in [6.45, 7) is 8.73. The van der Waals surface area contributed by atoms with Crippen LogP contribution in [0.15, 0.2) is 57.1 Å². The molecule has 0 aliphatic rings. The number of aryl methyl sites for hydroxylation is 5. The van der Waals surface area contributed by atoms with Gasteiger partial charge in [0.05, 0.1) is 12.0 Å². The Morgan fingerprint density at radius 1 is 0.939 bits per heavy atom. The molecule has 1 aromatic heterocycles. The van der Waals surface area contributed by atoms with Crippen LogP contribution in [0.2, 0.25) is 0 Å². The molecule has 0 radical (unpaired) electrons. The predicted octanol–water partition coefficient (Wildman–Crippen LogP) is 3.87. The number of carbonyl (C=O) groups is 1. The molecule has 0 aliphatic carbocycles. The van der Waals surface area contributed by atoms with Gasteiger partial charge in [0.1, 0.15) is 17.2 Å². The van der Waals surface area contributed by atoms with Crippen LogP contribution in [-0.2, 0) is 21.2 Å². The van der Waals surface area contributed by atoms with Crippen molar-refractivity contribution in [2.24, 2.45) is 0 Å². The van der Waals surface area contributed by atoms with Crippen LogP contribution in [0.4, 0.5) is 5.69 Å². The molecular formula is C25H28N2O5S. The summed E-state index contributed by atoms with van der Waals surface area (Å²) in [6.07, 6.45) is 0. The van der Waals surface area contributed by atoms with Crippen molar-refractivity contribution in [3.63, 3.8) is 0 Å². The normalized spacial score (nSPS) is 11.3. The molecule has 1 heterocycles. The molecule has 0 aliphatic heterocycles. The van der Waals surface area contributed by atoms with Crippen LogP contribution in [0.5, 0.6) is 5.75 Å². The van der Waals surface area contributed by atoms with Gasteiger partial charge in [0.25, 0.3) is 5.56 Å². The summed E-state index contributed by atoms with van der Waals surface area (Å²) in [6, 6.07) is 11.4. The quantitative estimate of drug-likeness (QED) is 0.593. The van der Waals surface area contributed by atoms with Crippen LogP contribution in [-0.4, -0.2) is 26.0 Å². The van der Waals surface area contributed by atoms with Crippen LogP contribution < -0.4 is 15.6 Å². The fourth-order valence-electron chi connectivity index (χ4n) is 4.00. The molecule has 1 amide bonds. The number of rotatable bonds is 6. The van der Waals surface area contributed by atoms with E-state index in [1.165, 1.54) is 35.9 Å². The second kappa shape index (κ2) is 9.23. The molecule has 0 saturated carbocycles. The van der Waals surface area contributed by atoms with E-state index < -0.39 is 21.3 Å². The monoisotopic (exact) mass is 468 g/mol. The number of carbonyl (C=O) groups excluding carboxylic acids is 1. The first-order valence-corrected chi connectivity index (χ1v) is 11.9. The summed E-state index contributed by atoms with van der Waals surface area (Å²) >= 11 is 0. The minimum atomic E-state index is -4.10. The number of hydrogen-bond acceptors (Lipinski definition) is 5. The van der Waals surface area contributed by atoms with E-state index in [1.54, 1.807) is 19.9 Å². The maximum Gasteiger partial charge on any atom is 0.270 e. The molecule has 3 aromatic rings. The van der Waals surface area contributed by atoms with Crippen molar-refractivity contribution in [3.05, 3.63) is 80.8 Å². The van der Waals surface area contributed by atoms with Gasteiger partial charge < -0.3 is 14.6 Å². The third-order valence-electron chi connectivity index (χ3n) is 5.53. The molecule has 3 rings (SSSR count). The molecule has 8 heteroatoms. The maximum atomic E-state index is 13.3. The molecule has 0 spiro atoms. The largest absolute Gasteiger partial charge is 0.497 e. The Labute approximate surface area is 194 Å².